The molecule has 0 aliphatic carbocycles. The van der Waals surface area contributed by atoms with Crippen molar-refractivity contribution in [2.75, 3.05) is 20.3 Å². The molecule has 0 bridgehead atoms. The van der Waals surface area contributed by atoms with Crippen LogP contribution in [0.1, 0.15) is 30.4 Å². The van der Waals surface area contributed by atoms with Crippen molar-refractivity contribution in [3.63, 3.8) is 0 Å². The van der Waals surface area contributed by atoms with Crippen molar-refractivity contribution in [1.82, 2.24) is 0 Å². The Kier molecular flexibility index (Phi) is 6.86. The van der Waals surface area contributed by atoms with Gasteiger partial charge in [-0.15, -0.1) is 0 Å². The third kappa shape index (κ3) is 5.29. The minimum absolute atomic E-state index is 0.801. The summed E-state index contributed by atoms with van der Waals surface area (Å²) in [4.78, 5) is 0. The monoisotopic (exact) mass is 221 g/mol. The summed E-state index contributed by atoms with van der Waals surface area (Å²) >= 11 is 0. The quantitative estimate of drug-likeness (QED) is 0.685. The molecule has 0 unspecified atom stereocenters. The first kappa shape index (κ1) is 13.2. The SMILES string of the molecule is COCCCc1ccc(CCCCN)cc1. The molecule has 0 aliphatic rings. The van der Waals surface area contributed by atoms with E-state index < -0.39 is 0 Å². The van der Waals surface area contributed by atoms with Crippen LogP contribution in [0.25, 0.3) is 0 Å². The molecule has 90 valence electrons. The van der Waals surface area contributed by atoms with Gasteiger partial charge in [0, 0.05) is 13.7 Å². The van der Waals surface area contributed by atoms with Crippen molar-refractivity contribution in [3.8, 4) is 0 Å². The molecular formula is C14H23NO. The van der Waals surface area contributed by atoms with Crippen LogP contribution in [0.15, 0.2) is 24.3 Å². The van der Waals surface area contributed by atoms with E-state index in [2.05, 4.69) is 24.3 Å². The Labute approximate surface area is 98.8 Å². The largest absolute Gasteiger partial charge is 0.385 e. The standard InChI is InChI=1S/C14H23NO/c1-16-12-4-6-14-9-7-13(8-10-14)5-2-3-11-15/h7-10H,2-6,11-12,15H2,1H3. The summed E-state index contributed by atoms with van der Waals surface area (Å²) in [6, 6.07) is 8.93. The van der Waals surface area contributed by atoms with Gasteiger partial charge in [-0.1, -0.05) is 24.3 Å². The molecule has 0 aliphatic heterocycles. The first-order chi connectivity index (χ1) is 7.86. The number of hydrogen-bond acceptors (Lipinski definition) is 2. The average Bonchev–Trinajstić information content (AvgIpc) is 2.32. The number of unbranched alkanes of at least 4 members (excludes halogenated alkanes) is 1. The molecule has 1 aromatic carbocycles. The predicted molar refractivity (Wildman–Crippen MR) is 68.6 cm³/mol. The van der Waals surface area contributed by atoms with Crippen LogP contribution in [0, 0.1) is 0 Å². The summed E-state index contributed by atoms with van der Waals surface area (Å²) < 4.78 is 5.04. The van der Waals surface area contributed by atoms with Crippen molar-refractivity contribution in [3.05, 3.63) is 35.4 Å². The van der Waals surface area contributed by atoms with Gasteiger partial charge < -0.3 is 10.5 Å². The van der Waals surface area contributed by atoms with Crippen molar-refractivity contribution in [1.29, 1.82) is 0 Å². The Hall–Kier alpha value is -0.860. The third-order valence-corrected chi connectivity index (χ3v) is 2.76. The highest BCUT2D eigenvalue weighted by Crippen LogP contribution is 2.09. The van der Waals surface area contributed by atoms with Gasteiger partial charge in [-0.3, -0.25) is 0 Å². The highest BCUT2D eigenvalue weighted by Gasteiger charge is 1.95. The number of nitrogens with two attached hydrogens (primary N) is 1. The van der Waals surface area contributed by atoms with E-state index in [1.165, 1.54) is 17.5 Å². The molecule has 0 spiro atoms. The zero-order valence-electron chi connectivity index (χ0n) is 10.2. The van der Waals surface area contributed by atoms with Crippen LogP contribution in [0.3, 0.4) is 0 Å². The summed E-state index contributed by atoms with van der Waals surface area (Å²) in [5.41, 5.74) is 8.30. The number of aryl methyl sites for hydroxylation is 2. The normalized spacial score (nSPS) is 10.6. The molecule has 2 nitrogen and oxygen atoms in total. The summed E-state index contributed by atoms with van der Waals surface area (Å²) in [6.45, 7) is 1.65. The molecule has 0 aromatic heterocycles. The lowest BCUT2D eigenvalue weighted by Crippen LogP contribution is -1.99. The number of benzene rings is 1. The van der Waals surface area contributed by atoms with E-state index in [0.717, 1.165) is 38.8 Å². The van der Waals surface area contributed by atoms with Crippen LogP contribution in [0.4, 0.5) is 0 Å². The van der Waals surface area contributed by atoms with E-state index in [-0.39, 0.29) is 0 Å². The molecule has 0 radical (unpaired) electrons. The van der Waals surface area contributed by atoms with Gasteiger partial charge in [0.2, 0.25) is 0 Å². The fraction of sp³-hybridized carbons (Fsp3) is 0.571. The van der Waals surface area contributed by atoms with Gasteiger partial charge in [0.25, 0.3) is 0 Å². The molecule has 1 rings (SSSR count). The highest BCUT2D eigenvalue weighted by atomic mass is 16.5. The number of ether oxygens (including phenoxy) is 1. The number of rotatable bonds is 8. The van der Waals surface area contributed by atoms with Crippen LogP contribution in [-0.2, 0) is 17.6 Å². The molecule has 2 N–H and O–H groups in total. The fourth-order valence-electron chi connectivity index (χ4n) is 1.77. The van der Waals surface area contributed by atoms with E-state index in [1.807, 2.05) is 0 Å². The van der Waals surface area contributed by atoms with E-state index in [0.29, 0.717) is 0 Å². The average molecular weight is 221 g/mol. The maximum atomic E-state index is 5.47. The zero-order valence-corrected chi connectivity index (χ0v) is 10.2. The van der Waals surface area contributed by atoms with E-state index in [1.54, 1.807) is 7.11 Å². The fourth-order valence-corrected chi connectivity index (χ4v) is 1.77. The van der Waals surface area contributed by atoms with E-state index in [9.17, 15) is 0 Å². The number of methoxy groups -OCH3 is 1. The minimum atomic E-state index is 0.801. The third-order valence-electron chi connectivity index (χ3n) is 2.76. The Balaban J connectivity index is 2.30. The second-order valence-corrected chi connectivity index (χ2v) is 4.16. The summed E-state index contributed by atoms with van der Waals surface area (Å²) in [5, 5.41) is 0. The van der Waals surface area contributed by atoms with Gasteiger partial charge in [-0.25, -0.2) is 0 Å². The second kappa shape index (κ2) is 8.31. The highest BCUT2D eigenvalue weighted by molar-refractivity contribution is 5.22. The van der Waals surface area contributed by atoms with Crippen LogP contribution >= 0.6 is 0 Å². The van der Waals surface area contributed by atoms with Crippen LogP contribution in [0.2, 0.25) is 0 Å². The second-order valence-electron chi connectivity index (χ2n) is 4.16. The first-order valence-corrected chi connectivity index (χ1v) is 6.13. The Morgan fingerprint density at radius 2 is 1.50 bits per heavy atom. The molecular weight excluding hydrogens is 198 g/mol. The molecule has 0 fully saturated rings. The Morgan fingerprint density at radius 3 is 2.00 bits per heavy atom. The molecule has 1 aromatic rings. The van der Waals surface area contributed by atoms with Crippen LogP contribution < -0.4 is 5.73 Å². The molecule has 0 atom stereocenters. The lowest BCUT2D eigenvalue weighted by Gasteiger charge is -2.04. The van der Waals surface area contributed by atoms with Gasteiger partial charge in [-0.2, -0.15) is 0 Å². The van der Waals surface area contributed by atoms with Gasteiger partial charge in [-0.05, 0) is 49.8 Å². The zero-order chi connectivity index (χ0) is 11.6. The van der Waals surface area contributed by atoms with Crippen LogP contribution in [0.5, 0.6) is 0 Å². The predicted octanol–water partition coefficient (Wildman–Crippen LogP) is 2.55. The van der Waals surface area contributed by atoms with E-state index >= 15 is 0 Å². The van der Waals surface area contributed by atoms with Gasteiger partial charge >= 0.3 is 0 Å². The molecule has 0 saturated carbocycles. The summed E-state index contributed by atoms with van der Waals surface area (Å²) in [6.07, 6.45) is 5.67. The maximum Gasteiger partial charge on any atom is 0.0465 e. The molecule has 2 heteroatoms. The van der Waals surface area contributed by atoms with Crippen molar-refractivity contribution in [2.45, 2.75) is 32.1 Å². The topological polar surface area (TPSA) is 35.2 Å². The molecule has 0 saturated heterocycles. The number of hydrogen-bond donors (Lipinski definition) is 1. The van der Waals surface area contributed by atoms with Gasteiger partial charge in [0.15, 0.2) is 0 Å². The van der Waals surface area contributed by atoms with Crippen molar-refractivity contribution in [2.24, 2.45) is 5.73 Å². The lowest BCUT2D eigenvalue weighted by atomic mass is 10.0. The molecule has 0 heterocycles. The molecule has 16 heavy (non-hydrogen) atoms. The Morgan fingerprint density at radius 1 is 0.938 bits per heavy atom. The first-order valence-electron chi connectivity index (χ1n) is 6.13. The summed E-state index contributed by atoms with van der Waals surface area (Å²) in [7, 11) is 1.75. The van der Waals surface area contributed by atoms with Crippen LogP contribution in [-0.4, -0.2) is 20.3 Å². The van der Waals surface area contributed by atoms with Gasteiger partial charge in [0.05, 0.1) is 0 Å². The lowest BCUT2D eigenvalue weighted by molar-refractivity contribution is 0.195. The Bertz CT molecular complexity index is 240. The maximum absolute atomic E-state index is 5.47. The van der Waals surface area contributed by atoms with Crippen molar-refractivity contribution >= 4 is 0 Å². The smallest absolute Gasteiger partial charge is 0.0465 e. The van der Waals surface area contributed by atoms with Crippen molar-refractivity contribution < 1.29 is 4.74 Å². The minimum Gasteiger partial charge on any atom is -0.385 e. The summed E-state index contributed by atoms with van der Waals surface area (Å²) in [5.74, 6) is 0. The van der Waals surface area contributed by atoms with Gasteiger partial charge in [0.1, 0.15) is 0 Å². The van der Waals surface area contributed by atoms with E-state index in [4.69, 9.17) is 10.5 Å². The molecule has 0 amide bonds.